The van der Waals surface area contributed by atoms with Gasteiger partial charge in [0.1, 0.15) is 0 Å². The zero-order valence-electron chi connectivity index (χ0n) is 11.8. The van der Waals surface area contributed by atoms with Gasteiger partial charge in [0.25, 0.3) is 5.91 Å². The number of nitrogens with zero attached hydrogens (tertiary/aromatic N) is 1. The van der Waals surface area contributed by atoms with Crippen LogP contribution in [-0.4, -0.2) is 19.7 Å². The van der Waals surface area contributed by atoms with Crippen LogP contribution in [0.1, 0.15) is 11.1 Å². The van der Waals surface area contributed by atoms with Gasteiger partial charge in [-0.2, -0.15) is 0 Å². The molecule has 0 fully saturated rings. The highest BCUT2D eigenvalue weighted by Gasteiger charge is 2.29. The molecule has 2 heterocycles. The maximum absolute atomic E-state index is 12.5. The lowest BCUT2D eigenvalue weighted by atomic mass is 10.0. The first kappa shape index (κ1) is 13.4. The SMILES string of the molecule is CN1C(=O)/C(=C/c2ccc3c(c2)OCO3)c2cc(Br)ccc21. The Hall–Kier alpha value is -2.27. The summed E-state index contributed by atoms with van der Waals surface area (Å²) in [6, 6.07) is 11.5. The van der Waals surface area contributed by atoms with Crippen molar-refractivity contribution in [2.75, 3.05) is 18.7 Å². The van der Waals surface area contributed by atoms with Gasteiger partial charge in [0, 0.05) is 22.7 Å². The first-order valence-electron chi connectivity index (χ1n) is 6.83. The van der Waals surface area contributed by atoms with E-state index in [0.29, 0.717) is 11.3 Å². The van der Waals surface area contributed by atoms with Crippen molar-refractivity contribution in [1.29, 1.82) is 0 Å². The van der Waals surface area contributed by atoms with E-state index in [0.717, 1.165) is 27.0 Å². The minimum Gasteiger partial charge on any atom is -0.454 e. The normalized spacial score (nSPS) is 17.3. The second-order valence-corrected chi connectivity index (χ2v) is 6.11. The maximum Gasteiger partial charge on any atom is 0.258 e. The van der Waals surface area contributed by atoms with Crippen molar-refractivity contribution in [1.82, 2.24) is 0 Å². The second kappa shape index (κ2) is 4.88. The molecule has 0 aliphatic carbocycles. The number of amides is 1. The number of anilines is 1. The number of fused-ring (bicyclic) bond motifs is 2. The van der Waals surface area contributed by atoms with Crippen LogP contribution >= 0.6 is 15.9 Å². The quantitative estimate of drug-likeness (QED) is 0.730. The fraction of sp³-hybridized carbons (Fsp3) is 0.118. The third-order valence-corrected chi connectivity index (χ3v) is 4.35. The Labute approximate surface area is 136 Å². The van der Waals surface area contributed by atoms with E-state index in [-0.39, 0.29) is 12.7 Å². The molecule has 5 heteroatoms. The van der Waals surface area contributed by atoms with Gasteiger partial charge in [-0.1, -0.05) is 22.0 Å². The van der Waals surface area contributed by atoms with E-state index in [1.807, 2.05) is 42.5 Å². The lowest BCUT2D eigenvalue weighted by Gasteiger charge is -2.08. The van der Waals surface area contributed by atoms with E-state index < -0.39 is 0 Å². The van der Waals surface area contributed by atoms with E-state index >= 15 is 0 Å². The molecule has 2 aromatic carbocycles. The molecule has 0 N–H and O–H groups in total. The van der Waals surface area contributed by atoms with Crippen molar-refractivity contribution < 1.29 is 14.3 Å². The Bertz CT molecular complexity index is 829. The van der Waals surface area contributed by atoms with Crippen LogP contribution in [0.2, 0.25) is 0 Å². The Morgan fingerprint density at radius 3 is 2.82 bits per heavy atom. The highest BCUT2D eigenvalue weighted by molar-refractivity contribution is 9.10. The number of ether oxygens (including phenoxy) is 2. The molecule has 1 amide bonds. The van der Waals surface area contributed by atoms with Crippen LogP contribution in [0.25, 0.3) is 11.6 Å². The molecule has 4 rings (SSSR count). The number of hydrogen-bond donors (Lipinski definition) is 0. The summed E-state index contributed by atoms with van der Waals surface area (Å²) in [5.41, 5.74) is 3.44. The molecule has 0 aromatic heterocycles. The lowest BCUT2D eigenvalue weighted by molar-refractivity contribution is -0.112. The van der Waals surface area contributed by atoms with Crippen molar-refractivity contribution in [2.24, 2.45) is 0 Å². The first-order chi connectivity index (χ1) is 10.6. The fourth-order valence-electron chi connectivity index (χ4n) is 2.73. The van der Waals surface area contributed by atoms with Gasteiger partial charge in [-0.3, -0.25) is 4.79 Å². The van der Waals surface area contributed by atoms with Crippen molar-refractivity contribution in [3.8, 4) is 11.5 Å². The average molecular weight is 358 g/mol. The molecule has 110 valence electrons. The van der Waals surface area contributed by atoms with Crippen LogP contribution in [0.15, 0.2) is 40.9 Å². The summed E-state index contributed by atoms with van der Waals surface area (Å²) >= 11 is 3.46. The Morgan fingerprint density at radius 2 is 1.95 bits per heavy atom. The topological polar surface area (TPSA) is 38.8 Å². The second-order valence-electron chi connectivity index (χ2n) is 5.20. The van der Waals surface area contributed by atoms with Crippen LogP contribution in [0.3, 0.4) is 0 Å². The summed E-state index contributed by atoms with van der Waals surface area (Å²) in [5.74, 6) is 1.44. The van der Waals surface area contributed by atoms with E-state index in [1.54, 1.807) is 11.9 Å². The summed E-state index contributed by atoms with van der Waals surface area (Å²) in [4.78, 5) is 14.2. The number of hydrogen-bond acceptors (Lipinski definition) is 3. The zero-order chi connectivity index (χ0) is 15.3. The van der Waals surface area contributed by atoms with Crippen LogP contribution in [0.5, 0.6) is 11.5 Å². The molecule has 0 atom stereocenters. The average Bonchev–Trinajstić information content (AvgIpc) is 3.06. The smallest absolute Gasteiger partial charge is 0.258 e. The van der Waals surface area contributed by atoms with Crippen LogP contribution in [0.4, 0.5) is 5.69 Å². The summed E-state index contributed by atoms with van der Waals surface area (Å²) in [6.45, 7) is 0.243. The third-order valence-electron chi connectivity index (χ3n) is 3.85. The minimum absolute atomic E-state index is 0.00855. The Morgan fingerprint density at radius 1 is 1.14 bits per heavy atom. The minimum atomic E-state index is -0.00855. The maximum atomic E-state index is 12.5. The number of likely N-dealkylation sites (N-methyl/N-ethyl adjacent to an activating group) is 1. The summed E-state index contributed by atoms with van der Waals surface area (Å²) in [5, 5.41) is 0. The predicted molar refractivity (Wildman–Crippen MR) is 88.0 cm³/mol. The molecule has 2 aromatic rings. The van der Waals surface area contributed by atoms with Crippen molar-refractivity contribution in [3.05, 3.63) is 52.0 Å². The van der Waals surface area contributed by atoms with Crippen LogP contribution in [0, 0.1) is 0 Å². The lowest BCUT2D eigenvalue weighted by Crippen LogP contribution is -2.20. The highest BCUT2D eigenvalue weighted by atomic mass is 79.9. The van der Waals surface area contributed by atoms with E-state index in [2.05, 4.69) is 15.9 Å². The summed E-state index contributed by atoms with van der Waals surface area (Å²) < 4.78 is 11.6. The van der Waals surface area contributed by atoms with Crippen molar-refractivity contribution in [3.63, 3.8) is 0 Å². The molecule has 2 aliphatic rings. The van der Waals surface area contributed by atoms with Gasteiger partial charge in [0.2, 0.25) is 6.79 Å². The molecule has 0 bridgehead atoms. The van der Waals surface area contributed by atoms with Crippen molar-refractivity contribution in [2.45, 2.75) is 0 Å². The van der Waals surface area contributed by atoms with Crippen LogP contribution < -0.4 is 14.4 Å². The monoisotopic (exact) mass is 357 g/mol. The molecule has 0 saturated carbocycles. The number of halogens is 1. The highest BCUT2D eigenvalue weighted by Crippen LogP contribution is 2.39. The summed E-state index contributed by atoms with van der Waals surface area (Å²) in [6.07, 6.45) is 1.89. The Kier molecular flexibility index (Phi) is 2.97. The number of carbonyl (C=O) groups excluding carboxylic acids is 1. The number of rotatable bonds is 1. The zero-order valence-corrected chi connectivity index (χ0v) is 13.4. The number of benzene rings is 2. The van der Waals surface area contributed by atoms with Gasteiger partial charge >= 0.3 is 0 Å². The first-order valence-corrected chi connectivity index (χ1v) is 7.62. The molecular weight excluding hydrogens is 346 g/mol. The fourth-order valence-corrected chi connectivity index (χ4v) is 3.09. The van der Waals surface area contributed by atoms with E-state index in [9.17, 15) is 4.79 Å². The van der Waals surface area contributed by atoms with Gasteiger partial charge < -0.3 is 14.4 Å². The van der Waals surface area contributed by atoms with E-state index in [1.165, 1.54) is 0 Å². The summed E-state index contributed by atoms with van der Waals surface area (Å²) in [7, 11) is 1.79. The molecule has 22 heavy (non-hydrogen) atoms. The van der Waals surface area contributed by atoms with Gasteiger partial charge in [-0.15, -0.1) is 0 Å². The third kappa shape index (κ3) is 2.01. The van der Waals surface area contributed by atoms with E-state index in [4.69, 9.17) is 9.47 Å². The van der Waals surface area contributed by atoms with Gasteiger partial charge in [-0.05, 0) is 42.0 Å². The molecular formula is C17H12BrNO3. The standard InChI is InChI=1S/C17H12BrNO3/c1-19-14-4-3-11(18)8-12(14)13(17(19)20)6-10-2-5-15-16(7-10)22-9-21-15/h2-8H,9H2,1H3/b13-6+. The molecule has 0 spiro atoms. The van der Waals surface area contributed by atoms with Gasteiger partial charge in [-0.25, -0.2) is 0 Å². The van der Waals surface area contributed by atoms with Crippen LogP contribution in [-0.2, 0) is 4.79 Å². The molecule has 0 radical (unpaired) electrons. The molecule has 2 aliphatic heterocycles. The van der Waals surface area contributed by atoms with Gasteiger partial charge in [0.05, 0.1) is 5.69 Å². The predicted octanol–water partition coefficient (Wildman–Crippen LogP) is 3.69. The Balaban J connectivity index is 1.82. The molecule has 4 nitrogen and oxygen atoms in total. The van der Waals surface area contributed by atoms with Crippen molar-refractivity contribution >= 4 is 39.2 Å². The molecule has 0 unspecified atom stereocenters. The number of carbonyl (C=O) groups is 1. The molecule has 0 saturated heterocycles. The largest absolute Gasteiger partial charge is 0.454 e. The van der Waals surface area contributed by atoms with Gasteiger partial charge in [0.15, 0.2) is 11.5 Å².